The standard InChI is InChI=1S/C24H23F2NO9S/c1-11(2)27-17-18-15(21(27)28)16(23(30)34-10-24(25,26)37(31,32)33)19(35-18)20(17)36-22(29)14-9-5-7-12-6-3-4-8-13(12)14/h3-9,11,15-20H,10H2,1-2H3,(H,31,32,33). The smallest absolute Gasteiger partial charge is 0.402 e. The van der Waals surface area contributed by atoms with E-state index in [2.05, 4.69) is 4.74 Å². The second kappa shape index (κ2) is 8.71. The van der Waals surface area contributed by atoms with Gasteiger partial charge in [-0.25, -0.2) is 4.79 Å². The summed E-state index contributed by atoms with van der Waals surface area (Å²) >= 11 is 0. The third kappa shape index (κ3) is 3.96. The van der Waals surface area contributed by atoms with E-state index in [0.717, 1.165) is 5.39 Å². The number of carbonyl (C=O) groups is 3. The first-order valence-corrected chi connectivity index (χ1v) is 13.0. The van der Waals surface area contributed by atoms with Crippen LogP contribution in [0.15, 0.2) is 42.5 Å². The van der Waals surface area contributed by atoms with Crippen molar-refractivity contribution in [2.75, 3.05) is 6.61 Å². The van der Waals surface area contributed by atoms with E-state index in [1.165, 1.54) is 4.90 Å². The van der Waals surface area contributed by atoms with Crippen LogP contribution >= 0.6 is 0 Å². The Kier molecular flexibility index (Phi) is 6.00. The number of ether oxygens (including phenoxy) is 3. The molecule has 0 aliphatic carbocycles. The highest BCUT2D eigenvalue weighted by atomic mass is 32.2. The summed E-state index contributed by atoms with van der Waals surface area (Å²) in [6, 6.07) is 11.2. The van der Waals surface area contributed by atoms with E-state index in [1.807, 2.05) is 18.2 Å². The minimum absolute atomic E-state index is 0.254. The molecular weight excluding hydrogens is 516 g/mol. The molecule has 3 heterocycles. The summed E-state index contributed by atoms with van der Waals surface area (Å²) in [6.45, 7) is 1.52. The van der Waals surface area contributed by atoms with Gasteiger partial charge < -0.3 is 19.1 Å². The molecule has 6 atom stereocenters. The number of alkyl halides is 2. The number of likely N-dealkylation sites (tertiary alicyclic amines) is 1. The lowest BCUT2D eigenvalue weighted by molar-refractivity contribution is -0.160. The minimum Gasteiger partial charge on any atom is -0.458 e. The van der Waals surface area contributed by atoms with Crippen LogP contribution in [0.1, 0.15) is 24.2 Å². The molecule has 10 nitrogen and oxygen atoms in total. The molecule has 3 fully saturated rings. The summed E-state index contributed by atoms with van der Waals surface area (Å²) in [5.41, 5.74) is 0.254. The average Bonchev–Trinajstić information content (AvgIpc) is 3.44. The number of amides is 1. The molecule has 5 rings (SSSR count). The summed E-state index contributed by atoms with van der Waals surface area (Å²) in [4.78, 5) is 40.8. The van der Waals surface area contributed by atoms with Gasteiger partial charge >= 0.3 is 27.3 Å². The van der Waals surface area contributed by atoms with Crippen molar-refractivity contribution < 1.29 is 50.3 Å². The first kappa shape index (κ1) is 25.5. The number of fused-ring (bicyclic) bond motifs is 2. The maximum Gasteiger partial charge on any atom is 0.402 e. The molecule has 1 N–H and O–H groups in total. The van der Waals surface area contributed by atoms with Crippen molar-refractivity contribution in [1.29, 1.82) is 0 Å². The van der Waals surface area contributed by atoms with E-state index in [9.17, 15) is 31.6 Å². The minimum atomic E-state index is -5.84. The zero-order valence-electron chi connectivity index (χ0n) is 19.6. The Hall–Kier alpha value is -3.16. The SMILES string of the molecule is CC(C)N1C(=O)C2C3OC(C(OC(=O)c4cccc5ccccc45)C31)C2C(=O)OCC(F)(F)S(=O)(=O)O. The van der Waals surface area contributed by atoms with Crippen LogP contribution in [0.2, 0.25) is 0 Å². The largest absolute Gasteiger partial charge is 0.458 e. The predicted molar refractivity (Wildman–Crippen MR) is 122 cm³/mol. The van der Waals surface area contributed by atoms with Crippen LogP contribution in [-0.4, -0.2) is 78.0 Å². The number of rotatable bonds is 7. The number of hydrogen-bond donors (Lipinski definition) is 1. The molecule has 37 heavy (non-hydrogen) atoms. The summed E-state index contributed by atoms with van der Waals surface area (Å²) in [5.74, 6) is -5.01. The fraction of sp³-hybridized carbons (Fsp3) is 0.458. The Morgan fingerprint density at radius 3 is 2.49 bits per heavy atom. The highest BCUT2D eigenvalue weighted by Crippen LogP contribution is 2.53. The monoisotopic (exact) mass is 539 g/mol. The van der Waals surface area contributed by atoms with E-state index in [-0.39, 0.29) is 11.6 Å². The molecule has 3 saturated heterocycles. The second-order valence-electron chi connectivity index (χ2n) is 9.56. The van der Waals surface area contributed by atoms with Crippen LogP contribution in [0.5, 0.6) is 0 Å². The van der Waals surface area contributed by atoms with E-state index in [0.29, 0.717) is 5.39 Å². The lowest BCUT2D eigenvalue weighted by Crippen LogP contribution is -2.51. The summed E-state index contributed by atoms with van der Waals surface area (Å²) < 4.78 is 74.0. The normalized spacial score (nSPS) is 28.8. The number of nitrogens with zero attached hydrogens (tertiary/aromatic N) is 1. The zero-order valence-corrected chi connectivity index (χ0v) is 20.4. The first-order valence-electron chi connectivity index (χ1n) is 11.5. The quantitative estimate of drug-likeness (QED) is 0.414. The van der Waals surface area contributed by atoms with Crippen LogP contribution in [-0.2, 0) is 33.9 Å². The number of hydrogen-bond acceptors (Lipinski definition) is 8. The predicted octanol–water partition coefficient (Wildman–Crippen LogP) is 2.02. The van der Waals surface area contributed by atoms with Gasteiger partial charge in [-0.15, -0.1) is 0 Å². The lowest BCUT2D eigenvalue weighted by atomic mass is 9.78. The van der Waals surface area contributed by atoms with Gasteiger partial charge in [0.05, 0.1) is 23.6 Å². The van der Waals surface area contributed by atoms with Gasteiger partial charge in [0.2, 0.25) is 5.91 Å². The van der Waals surface area contributed by atoms with Crippen molar-refractivity contribution in [2.45, 2.75) is 49.5 Å². The Labute approximate surface area is 210 Å². The molecule has 1 amide bonds. The van der Waals surface area contributed by atoms with Crippen LogP contribution in [0.25, 0.3) is 10.8 Å². The number of carbonyl (C=O) groups excluding carboxylic acids is 3. The number of esters is 2. The molecule has 2 bridgehead atoms. The van der Waals surface area contributed by atoms with E-state index in [4.69, 9.17) is 14.0 Å². The van der Waals surface area contributed by atoms with Gasteiger partial charge in [-0.1, -0.05) is 36.4 Å². The molecule has 198 valence electrons. The second-order valence-corrected chi connectivity index (χ2v) is 11.1. The summed E-state index contributed by atoms with van der Waals surface area (Å²) in [6.07, 6.45) is -3.15. The van der Waals surface area contributed by atoms with Crippen LogP contribution in [0, 0.1) is 11.8 Å². The fourth-order valence-electron chi connectivity index (χ4n) is 5.58. The Bertz CT molecular complexity index is 1390. The lowest BCUT2D eigenvalue weighted by Gasteiger charge is -2.33. The molecule has 2 aromatic carbocycles. The molecule has 0 aromatic heterocycles. The van der Waals surface area contributed by atoms with Crippen molar-refractivity contribution in [2.24, 2.45) is 11.8 Å². The Morgan fingerprint density at radius 2 is 1.81 bits per heavy atom. The average molecular weight is 540 g/mol. The number of benzene rings is 2. The number of halogens is 2. The van der Waals surface area contributed by atoms with Crippen molar-refractivity contribution in [3.8, 4) is 0 Å². The topological polar surface area (TPSA) is 137 Å². The van der Waals surface area contributed by atoms with E-state index < -0.39 is 76.0 Å². The van der Waals surface area contributed by atoms with Gasteiger partial charge in [0.25, 0.3) is 0 Å². The van der Waals surface area contributed by atoms with Gasteiger partial charge in [-0.3, -0.25) is 14.1 Å². The molecule has 3 aliphatic heterocycles. The van der Waals surface area contributed by atoms with Gasteiger partial charge in [-0.05, 0) is 30.7 Å². The fourth-order valence-corrected chi connectivity index (χ4v) is 5.79. The molecular formula is C24H23F2NO9S. The maximum absolute atomic E-state index is 13.7. The van der Waals surface area contributed by atoms with Gasteiger partial charge in [0.1, 0.15) is 12.0 Å². The van der Waals surface area contributed by atoms with Gasteiger partial charge in [-0.2, -0.15) is 17.2 Å². The van der Waals surface area contributed by atoms with Crippen molar-refractivity contribution in [3.63, 3.8) is 0 Å². The third-order valence-electron chi connectivity index (χ3n) is 7.11. The molecule has 6 unspecified atom stereocenters. The van der Waals surface area contributed by atoms with E-state index >= 15 is 0 Å². The molecule has 2 aromatic rings. The molecule has 0 saturated carbocycles. The molecule has 0 spiro atoms. The molecule has 3 aliphatic rings. The van der Waals surface area contributed by atoms with Crippen LogP contribution < -0.4 is 0 Å². The highest BCUT2D eigenvalue weighted by molar-refractivity contribution is 7.86. The van der Waals surface area contributed by atoms with Crippen molar-refractivity contribution in [1.82, 2.24) is 4.90 Å². The first-order chi connectivity index (χ1) is 17.3. The Morgan fingerprint density at radius 1 is 1.14 bits per heavy atom. The van der Waals surface area contributed by atoms with Crippen molar-refractivity contribution >= 4 is 38.7 Å². The van der Waals surface area contributed by atoms with Gasteiger partial charge in [0.15, 0.2) is 12.7 Å². The van der Waals surface area contributed by atoms with Crippen LogP contribution in [0.3, 0.4) is 0 Å². The van der Waals surface area contributed by atoms with E-state index in [1.54, 1.807) is 38.1 Å². The van der Waals surface area contributed by atoms with Crippen molar-refractivity contribution in [3.05, 3.63) is 48.0 Å². The molecule has 0 radical (unpaired) electrons. The van der Waals surface area contributed by atoms with Gasteiger partial charge in [0, 0.05) is 6.04 Å². The maximum atomic E-state index is 13.7. The zero-order chi connectivity index (χ0) is 26.9. The highest BCUT2D eigenvalue weighted by Gasteiger charge is 2.73. The van der Waals surface area contributed by atoms with Crippen LogP contribution in [0.4, 0.5) is 8.78 Å². The third-order valence-corrected chi connectivity index (χ3v) is 7.98. The molecule has 13 heteroatoms. The summed E-state index contributed by atoms with van der Waals surface area (Å²) in [5, 5.41) is -3.32. The Balaban J connectivity index is 1.44. The summed E-state index contributed by atoms with van der Waals surface area (Å²) in [7, 11) is -5.84.